The lowest BCUT2D eigenvalue weighted by atomic mass is 9.98. The summed E-state index contributed by atoms with van der Waals surface area (Å²) in [7, 11) is 0. The predicted molar refractivity (Wildman–Crippen MR) is 59.7 cm³/mol. The number of hydrogen-bond donors (Lipinski definition) is 1. The quantitative estimate of drug-likeness (QED) is 0.882. The first-order valence-electron chi connectivity index (χ1n) is 5.90. The third-order valence-electron chi connectivity index (χ3n) is 3.09. The summed E-state index contributed by atoms with van der Waals surface area (Å²) in [6.45, 7) is 0.646. The van der Waals surface area contributed by atoms with Crippen molar-refractivity contribution in [3.05, 3.63) is 35.4 Å². The summed E-state index contributed by atoms with van der Waals surface area (Å²) in [5.41, 5.74) is 0.327. The second-order valence-corrected chi connectivity index (χ2v) is 4.41. The first-order chi connectivity index (χ1) is 8.16. The summed E-state index contributed by atoms with van der Waals surface area (Å²) in [6.07, 6.45) is 2.03. The fourth-order valence-corrected chi connectivity index (χ4v) is 2.11. The van der Waals surface area contributed by atoms with Gasteiger partial charge in [-0.15, -0.1) is 0 Å². The fraction of sp³-hybridized carbons (Fsp3) is 0.538. The van der Waals surface area contributed by atoms with Crippen LogP contribution in [-0.2, 0) is 11.2 Å². The van der Waals surface area contributed by atoms with E-state index in [2.05, 4.69) is 0 Å². The molecular formula is C13H16F2O2. The van der Waals surface area contributed by atoms with Gasteiger partial charge in [0.1, 0.15) is 11.6 Å². The average molecular weight is 242 g/mol. The Morgan fingerprint density at radius 1 is 1.35 bits per heavy atom. The van der Waals surface area contributed by atoms with Crippen LogP contribution in [0.15, 0.2) is 18.2 Å². The van der Waals surface area contributed by atoms with Crippen LogP contribution in [0.3, 0.4) is 0 Å². The number of rotatable bonds is 3. The molecule has 4 heteroatoms. The van der Waals surface area contributed by atoms with Crippen LogP contribution in [0.5, 0.6) is 0 Å². The van der Waals surface area contributed by atoms with E-state index in [1.807, 2.05) is 0 Å². The standard InChI is InChI=1S/C13H16F2O2/c14-10-5-4-9(11(15)8-10)7-12(16)13-3-1-2-6-17-13/h4-5,8,12-13,16H,1-3,6-7H2. The van der Waals surface area contributed by atoms with Crippen molar-refractivity contribution in [2.24, 2.45) is 0 Å². The van der Waals surface area contributed by atoms with E-state index in [1.165, 1.54) is 12.1 Å². The van der Waals surface area contributed by atoms with Crippen molar-refractivity contribution in [2.75, 3.05) is 6.61 Å². The molecule has 0 radical (unpaired) electrons. The molecule has 0 spiro atoms. The van der Waals surface area contributed by atoms with Crippen LogP contribution in [0.25, 0.3) is 0 Å². The second kappa shape index (κ2) is 5.56. The highest BCUT2D eigenvalue weighted by Crippen LogP contribution is 2.20. The van der Waals surface area contributed by atoms with E-state index in [-0.39, 0.29) is 12.5 Å². The molecule has 2 atom stereocenters. The Morgan fingerprint density at radius 3 is 2.82 bits per heavy atom. The van der Waals surface area contributed by atoms with E-state index in [4.69, 9.17) is 4.74 Å². The average Bonchev–Trinajstić information content (AvgIpc) is 2.34. The minimum absolute atomic E-state index is 0.163. The highest BCUT2D eigenvalue weighted by molar-refractivity contribution is 5.19. The highest BCUT2D eigenvalue weighted by atomic mass is 19.1. The number of hydrogen-bond acceptors (Lipinski definition) is 2. The van der Waals surface area contributed by atoms with Crippen molar-refractivity contribution in [1.29, 1.82) is 0 Å². The van der Waals surface area contributed by atoms with E-state index < -0.39 is 17.7 Å². The summed E-state index contributed by atoms with van der Waals surface area (Å²) in [4.78, 5) is 0. The Morgan fingerprint density at radius 2 is 2.18 bits per heavy atom. The lowest BCUT2D eigenvalue weighted by Gasteiger charge is -2.27. The number of benzene rings is 1. The molecule has 1 heterocycles. The molecule has 0 amide bonds. The van der Waals surface area contributed by atoms with Gasteiger partial charge in [0.2, 0.25) is 0 Å². The zero-order valence-electron chi connectivity index (χ0n) is 9.53. The molecule has 2 unspecified atom stereocenters. The van der Waals surface area contributed by atoms with Crippen LogP contribution < -0.4 is 0 Å². The molecule has 0 aromatic heterocycles. The Labute approximate surface area is 99.2 Å². The highest BCUT2D eigenvalue weighted by Gasteiger charge is 2.23. The van der Waals surface area contributed by atoms with E-state index in [0.29, 0.717) is 12.2 Å². The van der Waals surface area contributed by atoms with Crippen LogP contribution in [-0.4, -0.2) is 23.9 Å². The molecule has 0 saturated carbocycles. The van der Waals surface area contributed by atoms with Crippen molar-refractivity contribution in [2.45, 2.75) is 37.9 Å². The van der Waals surface area contributed by atoms with Gasteiger partial charge in [-0.3, -0.25) is 0 Å². The van der Waals surface area contributed by atoms with Gasteiger partial charge in [0.25, 0.3) is 0 Å². The van der Waals surface area contributed by atoms with E-state index in [0.717, 1.165) is 25.3 Å². The van der Waals surface area contributed by atoms with Gasteiger partial charge in [-0.05, 0) is 30.9 Å². The molecule has 0 aliphatic carbocycles. The molecule has 2 rings (SSSR count). The topological polar surface area (TPSA) is 29.5 Å². The van der Waals surface area contributed by atoms with Gasteiger partial charge in [0, 0.05) is 19.1 Å². The molecule has 1 aliphatic rings. The monoisotopic (exact) mass is 242 g/mol. The van der Waals surface area contributed by atoms with E-state index in [1.54, 1.807) is 0 Å². The normalized spacial score (nSPS) is 22.4. The maximum absolute atomic E-state index is 13.4. The Balaban J connectivity index is 1.99. The van der Waals surface area contributed by atoms with E-state index in [9.17, 15) is 13.9 Å². The van der Waals surface area contributed by atoms with Crippen molar-refractivity contribution < 1.29 is 18.6 Å². The zero-order chi connectivity index (χ0) is 12.3. The smallest absolute Gasteiger partial charge is 0.129 e. The molecule has 1 aromatic rings. The molecule has 1 saturated heterocycles. The van der Waals surface area contributed by atoms with Gasteiger partial charge >= 0.3 is 0 Å². The largest absolute Gasteiger partial charge is 0.390 e. The van der Waals surface area contributed by atoms with Gasteiger partial charge in [0.15, 0.2) is 0 Å². The summed E-state index contributed by atoms with van der Waals surface area (Å²) in [6, 6.07) is 3.41. The van der Waals surface area contributed by atoms with Crippen LogP contribution in [0.4, 0.5) is 8.78 Å². The predicted octanol–water partition coefficient (Wildman–Crippen LogP) is 2.44. The summed E-state index contributed by atoms with van der Waals surface area (Å²) >= 11 is 0. The minimum atomic E-state index is -0.727. The molecule has 1 fully saturated rings. The van der Waals surface area contributed by atoms with E-state index >= 15 is 0 Å². The zero-order valence-corrected chi connectivity index (χ0v) is 9.53. The number of halogens is 2. The van der Waals surface area contributed by atoms with Gasteiger partial charge in [-0.25, -0.2) is 8.78 Å². The third-order valence-corrected chi connectivity index (χ3v) is 3.09. The molecule has 2 nitrogen and oxygen atoms in total. The van der Waals surface area contributed by atoms with Gasteiger partial charge < -0.3 is 9.84 Å². The number of aliphatic hydroxyl groups is 1. The number of ether oxygens (including phenoxy) is 1. The fourth-order valence-electron chi connectivity index (χ4n) is 2.11. The molecule has 17 heavy (non-hydrogen) atoms. The SMILES string of the molecule is OC(Cc1ccc(F)cc1F)C1CCCCO1. The summed E-state index contributed by atoms with van der Waals surface area (Å²) in [5, 5.41) is 9.94. The molecule has 0 bridgehead atoms. The lowest BCUT2D eigenvalue weighted by Crippen LogP contribution is -2.33. The van der Waals surface area contributed by atoms with Crippen molar-refractivity contribution in [3.63, 3.8) is 0 Å². The molecule has 1 aromatic carbocycles. The maximum atomic E-state index is 13.4. The first-order valence-corrected chi connectivity index (χ1v) is 5.90. The van der Waals surface area contributed by atoms with Crippen molar-refractivity contribution in [3.8, 4) is 0 Å². The van der Waals surface area contributed by atoms with Gasteiger partial charge in [-0.2, -0.15) is 0 Å². The second-order valence-electron chi connectivity index (χ2n) is 4.41. The first kappa shape index (κ1) is 12.5. The van der Waals surface area contributed by atoms with Crippen LogP contribution in [0.2, 0.25) is 0 Å². The molecule has 1 N–H and O–H groups in total. The minimum Gasteiger partial charge on any atom is -0.390 e. The Kier molecular flexibility index (Phi) is 4.07. The third kappa shape index (κ3) is 3.23. The number of aliphatic hydroxyl groups excluding tert-OH is 1. The van der Waals surface area contributed by atoms with Crippen molar-refractivity contribution >= 4 is 0 Å². The summed E-state index contributed by atoms with van der Waals surface area (Å²) in [5.74, 6) is -1.21. The van der Waals surface area contributed by atoms with Gasteiger partial charge in [0.05, 0.1) is 12.2 Å². The Hall–Kier alpha value is -1.00. The van der Waals surface area contributed by atoms with Crippen LogP contribution >= 0.6 is 0 Å². The van der Waals surface area contributed by atoms with Crippen LogP contribution in [0, 0.1) is 11.6 Å². The van der Waals surface area contributed by atoms with Gasteiger partial charge in [-0.1, -0.05) is 6.07 Å². The van der Waals surface area contributed by atoms with Crippen LogP contribution in [0.1, 0.15) is 24.8 Å². The maximum Gasteiger partial charge on any atom is 0.129 e. The molecule has 94 valence electrons. The van der Waals surface area contributed by atoms with Crippen molar-refractivity contribution in [1.82, 2.24) is 0 Å². The Bertz CT molecular complexity index is 376. The molecule has 1 aliphatic heterocycles. The lowest BCUT2D eigenvalue weighted by molar-refractivity contribution is -0.0613. The molecular weight excluding hydrogens is 226 g/mol. The summed E-state index contributed by atoms with van der Waals surface area (Å²) < 4.78 is 31.5.